The largest absolute Gasteiger partial charge is 0.387 e. The third kappa shape index (κ3) is 2.29. The number of rotatable bonds is 2. The van der Waals surface area contributed by atoms with Crippen LogP contribution in [-0.4, -0.2) is 11.1 Å². The summed E-state index contributed by atoms with van der Waals surface area (Å²) in [5.41, 5.74) is 5.25. The molecular weight excluding hydrogens is 256 g/mol. The summed E-state index contributed by atoms with van der Waals surface area (Å²) in [6, 6.07) is 1.28. The van der Waals surface area contributed by atoms with Crippen LogP contribution in [0, 0.1) is 11.6 Å². The van der Waals surface area contributed by atoms with Gasteiger partial charge in [0.05, 0.1) is 10.6 Å². The van der Waals surface area contributed by atoms with Crippen LogP contribution in [0.5, 0.6) is 0 Å². The molecule has 1 aromatic rings. The molecule has 0 aliphatic heterocycles. The van der Waals surface area contributed by atoms with Crippen LogP contribution in [0.2, 0.25) is 0 Å². The number of aliphatic hydroxyl groups excluding tert-OH is 1. The minimum atomic E-state index is -1.21. The quantitative estimate of drug-likeness (QED) is 0.805. The second-order valence-corrected chi connectivity index (χ2v) is 3.95. The van der Waals surface area contributed by atoms with Crippen molar-refractivity contribution in [2.75, 3.05) is 0 Å². The summed E-state index contributed by atoms with van der Waals surface area (Å²) < 4.78 is 26.2. The molecule has 1 rings (SSSR count). The fourth-order valence-electron chi connectivity index (χ4n) is 1.07. The molecule has 14 heavy (non-hydrogen) atoms. The highest BCUT2D eigenvalue weighted by molar-refractivity contribution is 9.10. The molecule has 0 aliphatic rings. The molecule has 0 heterocycles. The third-order valence-electron chi connectivity index (χ3n) is 1.84. The van der Waals surface area contributed by atoms with Gasteiger partial charge in [0.1, 0.15) is 11.6 Å². The smallest absolute Gasteiger partial charge is 0.143 e. The first-order valence-corrected chi connectivity index (χ1v) is 4.81. The predicted molar refractivity (Wildman–Crippen MR) is 52.7 cm³/mol. The van der Waals surface area contributed by atoms with E-state index in [0.29, 0.717) is 0 Å². The van der Waals surface area contributed by atoms with Gasteiger partial charge in [-0.25, -0.2) is 8.78 Å². The highest BCUT2D eigenvalue weighted by Gasteiger charge is 2.19. The van der Waals surface area contributed by atoms with Gasteiger partial charge in [0.15, 0.2) is 0 Å². The summed E-state index contributed by atoms with van der Waals surface area (Å²) in [5.74, 6) is -1.30. The monoisotopic (exact) mass is 265 g/mol. The molecule has 0 radical (unpaired) electrons. The second-order valence-electron chi connectivity index (χ2n) is 3.09. The van der Waals surface area contributed by atoms with Crippen molar-refractivity contribution in [1.82, 2.24) is 0 Å². The third-order valence-corrected chi connectivity index (χ3v) is 2.41. The van der Waals surface area contributed by atoms with Gasteiger partial charge in [0, 0.05) is 11.6 Å². The lowest BCUT2D eigenvalue weighted by Gasteiger charge is -2.16. The molecule has 2 nitrogen and oxygen atoms in total. The molecule has 0 fully saturated rings. The number of nitrogens with two attached hydrogens (primary N) is 1. The van der Waals surface area contributed by atoms with E-state index in [1.54, 1.807) is 0 Å². The predicted octanol–water partition coefficient (Wildman–Crippen LogP) is 2.11. The first-order chi connectivity index (χ1) is 6.43. The number of aliphatic hydroxyl groups is 1. The van der Waals surface area contributed by atoms with Crippen LogP contribution >= 0.6 is 15.9 Å². The molecule has 0 saturated carbocycles. The van der Waals surface area contributed by atoms with Gasteiger partial charge in [-0.1, -0.05) is 0 Å². The minimum absolute atomic E-state index is 0.0211. The molecule has 2 atom stereocenters. The standard InChI is InChI=1S/C9H10BrF2NO/c1-4(13)9(14)6-2-5(11)3-7(10)8(6)12/h2-4,9,14H,13H2,1H3/t4-,9-/m0/s1. The van der Waals surface area contributed by atoms with Gasteiger partial charge >= 0.3 is 0 Å². The maximum atomic E-state index is 13.4. The Hall–Kier alpha value is -0.520. The summed E-state index contributed by atoms with van der Waals surface area (Å²) >= 11 is 2.85. The van der Waals surface area contributed by atoms with Crippen LogP contribution in [0.4, 0.5) is 8.78 Å². The van der Waals surface area contributed by atoms with E-state index >= 15 is 0 Å². The van der Waals surface area contributed by atoms with E-state index in [4.69, 9.17) is 5.73 Å². The average Bonchev–Trinajstić information content (AvgIpc) is 2.09. The van der Waals surface area contributed by atoms with E-state index in [1.165, 1.54) is 6.92 Å². The summed E-state index contributed by atoms with van der Waals surface area (Å²) in [6.45, 7) is 1.52. The van der Waals surface area contributed by atoms with Gasteiger partial charge < -0.3 is 10.8 Å². The molecule has 0 spiro atoms. The van der Waals surface area contributed by atoms with Crippen molar-refractivity contribution >= 4 is 15.9 Å². The van der Waals surface area contributed by atoms with Crippen molar-refractivity contribution in [3.63, 3.8) is 0 Å². The van der Waals surface area contributed by atoms with Gasteiger partial charge in [-0.3, -0.25) is 0 Å². The molecule has 0 amide bonds. The molecular formula is C9H10BrF2NO. The Morgan fingerprint density at radius 1 is 1.43 bits per heavy atom. The van der Waals surface area contributed by atoms with Crippen molar-refractivity contribution < 1.29 is 13.9 Å². The highest BCUT2D eigenvalue weighted by atomic mass is 79.9. The maximum Gasteiger partial charge on any atom is 0.143 e. The number of benzene rings is 1. The highest BCUT2D eigenvalue weighted by Crippen LogP contribution is 2.26. The Balaban J connectivity index is 3.20. The van der Waals surface area contributed by atoms with Crippen molar-refractivity contribution in [3.05, 3.63) is 33.8 Å². The normalized spacial score (nSPS) is 15.3. The zero-order valence-electron chi connectivity index (χ0n) is 7.47. The number of halogens is 3. The molecule has 0 bridgehead atoms. The summed E-state index contributed by atoms with van der Waals surface area (Å²) in [6.07, 6.45) is -1.21. The Morgan fingerprint density at radius 2 is 2.00 bits per heavy atom. The van der Waals surface area contributed by atoms with Crippen LogP contribution in [0.25, 0.3) is 0 Å². The molecule has 78 valence electrons. The molecule has 0 saturated heterocycles. The first kappa shape index (κ1) is 11.6. The van der Waals surface area contributed by atoms with Crippen LogP contribution in [0.15, 0.2) is 16.6 Å². The Bertz CT molecular complexity index is 344. The van der Waals surface area contributed by atoms with Crippen LogP contribution in [-0.2, 0) is 0 Å². The molecule has 3 N–H and O–H groups in total. The van der Waals surface area contributed by atoms with E-state index in [1.807, 2.05) is 0 Å². The van der Waals surface area contributed by atoms with Crippen molar-refractivity contribution in [1.29, 1.82) is 0 Å². The molecule has 1 aromatic carbocycles. The van der Waals surface area contributed by atoms with Gasteiger partial charge in [-0.2, -0.15) is 0 Å². The van der Waals surface area contributed by atoms with Gasteiger partial charge in [-0.15, -0.1) is 0 Å². The Kier molecular flexibility index (Phi) is 3.58. The Labute approximate surface area is 88.9 Å². The van der Waals surface area contributed by atoms with Crippen LogP contribution < -0.4 is 5.73 Å². The summed E-state index contributed by atoms with van der Waals surface area (Å²) in [7, 11) is 0. The fourth-order valence-corrected chi connectivity index (χ4v) is 1.52. The molecule has 5 heteroatoms. The average molecular weight is 266 g/mol. The lowest BCUT2D eigenvalue weighted by Crippen LogP contribution is -2.25. The van der Waals surface area contributed by atoms with Crippen molar-refractivity contribution in [3.8, 4) is 0 Å². The zero-order valence-corrected chi connectivity index (χ0v) is 9.05. The van der Waals surface area contributed by atoms with Crippen molar-refractivity contribution in [2.45, 2.75) is 19.1 Å². The molecule has 0 unspecified atom stereocenters. The van der Waals surface area contributed by atoms with E-state index in [0.717, 1.165) is 12.1 Å². The Morgan fingerprint density at radius 3 is 2.50 bits per heavy atom. The van der Waals surface area contributed by atoms with Gasteiger partial charge in [0.25, 0.3) is 0 Å². The van der Waals surface area contributed by atoms with Gasteiger partial charge in [-0.05, 0) is 35.0 Å². The number of hydrogen-bond donors (Lipinski definition) is 2. The lowest BCUT2D eigenvalue weighted by molar-refractivity contribution is 0.148. The maximum absolute atomic E-state index is 13.4. The van der Waals surface area contributed by atoms with E-state index in [9.17, 15) is 13.9 Å². The molecule has 0 aromatic heterocycles. The van der Waals surface area contributed by atoms with Crippen LogP contribution in [0.3, 0.4) is 0 Å². The van der Waals surface area contributed by atoms with E-state index in [-0.39, 0.29) is 10.0 Å². The summed E-state index contributed by atoms with van der Waals surface area (Å²) in [4.78, 5) is 0. The van der Waals surface area contributed by atoms with Crippen molar-refractivity contribution in [2.24, 2.45) is 5.73 Å². The minimum Gasteiger partial charge on any atom is -0.387 e. The van der Waals surface area contributed by atoms with E-state index < -0.39 is 23.8 Å². The second kappa shape index (κ2) is 4.33. The molecule has 0 aliphatic carbocycles. The number of hydrogen-bond acceptors (Lipinski definition) is 2. The first-order valence-electron chi connectivity index (χ1n) is 4.01. The van der Waals surface area contributed by atoms with E-state index in [2.05, 4.69) is 15.9 Å². The lowest BCUT2D eigenvalue weighted by atomic mass is 10.0. The summed E-state index contributed by atoms with van der Waals surface area (Å²) in [5, 5.41) is 9.48. The van der Waals surface area contributed by atoms with Gasteiger partial charge in [0.2, 0.25) is 0 Å². The fraction of sp³-hybridized carbons (Fsp3) is 0.333. The van der Waals surface area contributed by atoms with Crippen LogP contribution in [0.1, 0.15) is 18.6 Å². The SMILES string of the molecule is C[C@H](N)[C@H](O)c1cc(F)cc(Br)c1F. The topological polar surface area (TPSA) is 46.2 Å². The zero-order chi connectivity index (χ0) is 10.9.